The van der Waals surface area contributed by atoms with Gasteiger partial charge in [0.05, 0.1) is 17.7 Å². The fourth-order valence-corrected chi connectivity index (χ4v) is 10.2. The highest BCUT2D eigenvalue weighted by atomic mass is 16.6. The Kier molecular flexibility index (Phi) is 8.60. The number of amides is 1. The molecule has 7 nitrogen and oxygen atoms in total. The Labute approximate surface area is 258 Å². The van der Waals surface area contributed by atoms with Gasteiger partial charge in [0, 0.05) is 23.4 Å². The first-order valence-electron chi connectivity index (χ1n) is 17.1. The third-order valence-corrected chi connectivity index (χ3v) is 12.9. The van der Waals surface area contributed by atoms with Crippen molar-refractivity contribution in [2.75, 3.05) is 6.54 Å². The molecule has 2 saturated heterocycles. The van der Waals surface area contributed by atoms with Crippen molar-refractivity contribution in [3.63, 3.8) is 0 Å². The van der Waals surface area contributed by atoms with Crippen LogP contribution in [0.4, 0.5) is 4.79 Å². The van der Waals surface area contributed by atoms with Crippen molar-refractivity contribution < 1.29 is 14.3 Å². The van der Waals surface area contributed by atoms with Crippen molar-refractivity contribution >= 4 is 6.09 Å². The van der Waals surface area contributed by atoms with Gasteiger partial charge in [-0.2, -0.15) is 0 Å². The first-order valence-corrected chi connectivity index (χ1v) is 17.1. The number of nitrogens with zero attached hydrogens (tertiary/aromatic N) is 4. The van der Waals surface area contributed by atoms with Gasteiger partial charge in [-0.1, -0.05) is 75.1 Å². The molecule has 2 aliphatic heterocycles. The third-order valence-electron chi connectivity index (χ3n) is 12.9. The Balaban J connectivity index is 1.26. The highest BCUT2D eigenvalue weighted by Crippen LogP contribution is 2.58. The van der Waals surface area contributed by atoms with Crippen molar-refractivity contribution in [1.82, 2.24) is 4.90 Å². The van der Waals surface area contributed by atoms with Crippen LogP contribution in [0.2, 0.25) is 0 Å². The summed E-state index contributed by atoms with van der Waals surface area (Å²) in [6.07, 6.45) is 11.1. The first-order chi connectivity index (χ1) is 20.7. The van der Waals surface area contributed by atoms with Crippen LogP contribution in [-0.4, -0.2) is 41.3 Å². The van der Waals surface area contributed by atoms with E-state index in [0.29, 0.717) is 30.3 Å². The van der Waals surface area contributed by atoms with Crippen LogP contribution in [0, 0.1) is 35.0 Å². The normalized spacial score (nSPS) is 41.2. The van der Waals surface area contributed by atoms with Gasteiger partial charge in [-0.05, 0) is 110 Å². The van der Waals surface area contributed by atoms with Gasteiger partial charge in [-0.15, -0.1) is 0 Å². The SMILES string of the molecule is CC1=C2C[C@@H](C)[C@@]3(C)CC[C@@H](N=[N+]=[N-])C[C@H]3CCC[C@@H]2CC[C@]12O[C@@H]1C[C@H](C)CN(C(=O)OCc3ccccc3)[C@H]1[C@H]2C. The van der Waals surface area contributed by atoms with Crippen LogP contribution >= 0.6 is 0 Å². The molecule has 0 bridgehead atoms. The fourth-order valence-electron chi connectivity index (χ4n) is 10.2. The zero-order chi connectivity index (χ0) is 30.4. The molecule has 2 saturated carbocycles. The lowest BCUT2D eigenvalue weighted by Crippen LogP contribution is -2.54. The molecule has 0 N–H and O–H groups in total. The molecule has 6 rings (SSSR count). The second kappa shape index (κ2) is 12.1. The third kappa shape index (κ3) is 5.50. The summed E-state index contributed by atoms with van der Waals surface area (Å²) in [6, 6.07) is 10.2. The van der Waals surface area contributed by atoms with Gasteiger partial charge in [-0.25, -0.2) is 4.79 Å². The number of azide groups is 1. The Morgan fingerprint density at radius 1 is 1.12 bits per heavy atom. The van der Waals surface area contributed by atoms with Crippen LogP contribution in [0.1, 0.15) is 104 Å². The molecule has 2 heterocycles. The van der Waals surface area contributed by atoms with Gasteiger partial charge in [0.25, 0.3) is 0 Å². The summed E-state index contributed by atoms with van der Waals surface area (Å²) < 4.78 is 13.1. The molecule has 1 amide bonds. The van der Waals surface area contributed by atoms with E-state index >= 15 is 0 Å². The Morgan fingerprint density at radius 3 is 2.67 bits per heavy atom. The molecular weight excluding hydrogens is 536 g/mol. The van der Waals surface area contributed by atoms with Crippen molar-refractivity contribution in [2.24, 2.45) is 40.1 Å². The highest BCUT2D eigenvalue weighted by Gasteiger charge is 2.60. The van der Waals surface area contributed by atoms with E-state index < -0.39 is 0 Å². The van der Waals surface area contributed by atoms with E-state index in [1.165, 1.54) is 31.3 Å². The minimum Gasteiger partial charge on any atom is -0.445 e. The van der Waals surface area contributed by atoms with Crippen LogP contribution in [-0.2, 0) is 16.1 Å². The maximum Gasteiger partial charge on any atom is 0.410 e. The second-order valence-corrected chi connectivity index (χ2v) is 15.1. The number of hydrogen-bond donors (Lipinski definition) is 0. The van der Waals surface area contributed by atoms with E-state index in [4.69, 9.17) is 15.0 Å². The molecule has 3 aliphatic carbocycles. The molecular formula is C36H52N4O3. The van der Waals surface area contributed by atoms with Gasteiger partial charge in [0.1, 0.15) is 6.61 Å². The number of hydrogen-bond acceptors (Lipinski definition) is 4. The fraction of sp³-hybridized carbons (Fsp3) is 0.750. The van der Waals surface area contributed by atoms with Gasteiger partial charge in [0.15, 0.2) is 0 Å². The summed E-state index contributed by atoms with van der Waals surface area (Å²) in [5, 5.41) is 4.15. The highest BCUT2D eigenvalue weighted by molar-refractivity contribution is 5.68. The molecule has 1 aromatic rings. The minimum atomic E-state index is -0.309. The van der Waals surface area contributed by atoms with E-state index in [0.717, 1.165) is 50.6 Å². The summed E-state index contributed by atoms with van der Waals surface area (Å²) >= 11 is 0. The lowest BCUT2D eigenvalue weighted by Gasteiger charge is -2.49. The largest absolute Gasteiger partial charge is 0.445 e. The summed E-state index contributed by atoms with van der Waals surface area (Å²) in [6.45, 7) is 13.0. The monoisotopic (exact) mass is 588 g/mol. The maximum atomic E-state index is 13.6. The molecule has 1 aromatic carbocycles. The smallest absolute Gasteiger partial charge is 0.410 e. The van der Waals surface area contributed by atoms with Crippen molar-refractivity contribution in [1.29, 1.82) is 0 Å². The maximum absolute atomic E-state index is 13.6. The van der Waals surface area contributed by atoms with Crippen LogP contribution < -0.4 is 0 Å². The van der Waals surface area contributed by atoms with E-state index in [2.05, 4.69) is 44.6 Å². The Morgan fingerprint density at radius 2 is 1.91 bits per heavy atom. The first kappa shape index (κ1) is 30.5. The number of allylic oxidation sites excluding steroid dienone is 1. The molecule has 10 atom stereocenters. The molecule has 43 heavy (non-hydrogen) atoms. The minimum absolute atomic E-state index is 0.0400. The van der Waals surface area contributed by atoms with E-state index in [1.54, 1.807) is 5.57 Å². The Bertz CT molecular complexity index is 1260. The number of carbonyl (C=O) groups is 1. The van der Waals surface area contributed by atoms with Crippen LogP contribution in [0.5, 0.6) is 0 Å². The zero-order valence-electron chi connectivity index (χ0n) is 27.0. The van der Waals surface area contributed by atoms with Crippen LogP contribution in [0.15, 0.2) is 46.6 Å². The second-order valence-electron chi connectivity index (χ2n) is 15.1. The van der Waals surface area contributed by atoms with Crippen molar-refractivity contribution in [3.8, 4) is 0 Å². The summed E-state index contributed by atoms with van der Waals surface area (Å²) in [7, 11) is 0. The Hall–Kier alpha value is -2.50. The van der Waals surface area contributed by atoms with Gasteiger partial charge in [-0.3, -0.25) is 0 Å². The predicted octanol–water partition coefficient (Wildman–Crippen LogP) is 9.23. The van der Waals surface area contributed by atoms with E-state index in [-0.39, 0.29) is 41.2 Å². The lowest BCUT2D eigenvalue weighted by atomic mass is 9.57. The van der Waals surface area contributed by atoms with Crippen molar-refractivity contribution in [3.05, 3.63) is 57.5 Å². The molecule has 1 spiro atoms. The lowest BCUT2D eigenvalue weighted by molar-refractivity contribution is -0.0637. The molecule has 4 fully saturated rings. The molecule has 7 heteroatoms. The van der Waals surface area contributed by atoms with Crippen molar-refractivity contribution in [2.45, 2.75) is 129 Å². The number of rotatable bonds is 3. The molecule has 0 radical (unpaired) electrons. The van der Waals surface area contributed by atoms with E-state index in [1.807, 2.05) is 35.2 Å². The number of benzene rings is 1. The average Bonchev–Trinajstić information content (AvgIpc) is 3.30. The topological polar surface area (TPSA) is 87.5 Å². The zero-order valence-corrected chi connectivity index (χ0v) is 27.0. The number of piperidine rings is 1. The van der Waals surface area contributed by atoms with Gasteiger partial charge in [0.2, 0.25) is 0 Å². The molecule has 0 aromatic heterocycles. The summed E-state index contributed by atoms with van der Waals surface area (Å²) in [5.41, 5.74) is 13.2. The number of likely N-dealkylation sites (tertiary alicyclic amines) is 1. The average molecular weight is 589 g/mol. The van der Waals surface area contributed by atoms with E-state index in [9.17, 15) is 4.79 Å². The predicted molar refractivity (Wildman–Crippen MR) is 169 cm³/mol. The summed E-state index contributed by atoms with van der Waals surface area (Å²) in [4.78, 5) is 18.8. The van der Waals surface area contributed by atoms with Gasteiger partial charge < -0.3 is 14.4 Å². The molecule has 234 valence electrons. The standard InChI is InChI=1S/C36H52N4O3/c1-23-18-32-33(40(21-23)34(41)42-22-27-10-7-6-8-11-27)26(4)36(43-32)17-14-28-12-9-13-29-20-30(38-39-37)15-16-35(29,5)24(2)19-31(28)25(36)3/h6-8,10-11,23-24,26,28-30,32-33H,9,12-22H2,1-5H3/t23-,24+,26+,28+,29+,30+,32+,33-,35+,36-/m0/s1. The molecule has 5 aliphatic rings. The van der Waals surface area contributed by atoms with Crippen LogP contribution in [0.3, 0.4) is 0 Å². The number of fused-ring (bicyclic) bond motifs is 3. The quantitative estimate of drug-likeness (QED) is 0.153. The summed E-state index contributed by atoms with van der Waals surface area (Å²) in [5.74, 6) is 2.39. The van der Waals surface area contributed by atoms with Crippen LogP contribution in [0.25, 0.3) is 10.4 Å². The van der Waals surface area contributed by atoms with Gasteiger partial charge >= 0.3 is 6.09 Å². The number of carbonyl (C=O) groups excluding carboxylic acids is 1. The number of ether oxygens (including phenoxy) is 2. The molecule has 0 unspecified atom stereocenters.